The van der Waals surface area contributed by atoms with E-state index >= 15 is 0 Å². The van der Waals surface area contributed by atoms with Crippen molar-refractivity contribution in [2.75, 3.05) is 12.4 Å². The van der Waals surface area contributed by atoms with Gasteiger partial charge in [0.1, 0.15) is 0 Å². The zero-order valence-corrected chi connectivity index (χ0v) is 16.7. The summed E-state index contributed by atoms with van der Waals surface area (Å²) in [5.74, 6) is 0.447. The van der Waals surface area contributed by atoms with Gasteiger partial charge in [-0.05, 0) is 42.6 Å². The van der Waals surface area contributed by atoms with Crippen molar-refractivity contribution in [3.05, 3.63) is 43.1 Å². The number of ether oxygens (including phenoxy) is 1. The van der Waals surface area contributed by atoms with Crippen LogP contribution in [0.5, 0.6) is 5.75 Å². The van der Waals surface area contributed by atoms with Crippen LogP contribution in [0.3, 0.4) is 0 Å². The van der Waals surface area contributed by atoms with Crippen LogP contribution >= 0.6 is 0 Å². The minimum atomic E-state index is -0.706. The number of benzene rings is 1. The summed E-state index contributed by atoms with van der Waals surface area (Å²) in [7, 11) is 1.51. The van der Waals surface area contributed by atoms with Crippen molar-refractivity contribution in [1.29, 1.82) is 0 Å². The molecule has 1 aromatic heterocycles. The quantitative estimate of drug-likeness (QED) is 0.178. The Morgan fingerprint density at radius 3 is 2.76 bits per heavy atom. The van der Waals surface area contributed by atoms with E-state index < -0.39 is 6.03 Å². The molecular formula is C21H27N4O4+. The highest BCUT2D eigenvalue weighted by molar-refractivity contribution is 5.97. The van der Waals surface area contributed by atoms with Gasteiger partial charge in [-0.15, -0.1) is 0 Å². The smallest absolute Gasteiger partial charge is 0.492 e. The molecule has 0 unspecified atom stereocenters. The average molecular weight is 399 g/mol. The lowest BCUT2D eigenvalue weighted by Crippen LogP contribution is -2.27. The van der Waals surface area contributed by atoms with Gasteiger partial charge in [0.05, 0.1) is 24.8 Å². The second-order valence-corrected chi connectivity index (χ2v) is 7.16. The Bertz CT molecular complexity index is 968. The molecule has 1 saturated carbocycles. The number of carbonyl (C=O) groups excluding carboxylic acids is 1. The first-order chi connectivity index (χ1) is 13.9. The van der Waals surface area contributed by atoms with Gasteiger partial charge >= 0.3 is 6.03 Å². The molecule has 8 nitrogen and oxygen atoms in total. The third-order valence-corrected chi connectivity index (χ3v) is 5.13. The maximum absolute atomic E-state index is 12.4. The maximum Gasteiger partial charge on any atom is 0.535 e. The summed E-state index contributed by atoms with van der Waals surface area (Å²) < 4.78 is 7.85. The van der Waals surface area contributed by atoms with Crippen molar-refractivity contribution in [1.82, 2.24) is 9.78 Å². The molecule has 1 aliphatic carbocycles. The third kappa shape index (κ3) is 4.65. The van der Waals surface area contributed by atoms with Crippen LogP contribution in [-0.4, -0.2) is 49.8 Å². The molecule has 0 spiro atoms. The Kier molecular flexibility index (Phi) is 6.33. The van der Waals surface area contributed by atoms with Gasteiger partial charge in [0.2, 0.25) is 0 Å². The van der Waals surface area contributed by atoms with Crippen LogP contribution in [0.4, 0.5) is 10.5 Å². The predicted octanol–water partition coefficient (Wildman–Crippen LogP) is 3.66. The second kappa shape index (κ2) is 8.91. The van der Waals surface area contributed by atoms with Crippen molar-refractivity contribution < 1.29 is 24.6 Å². The Morgan fingerprint density at radius 1 is 1.38 bits per heavy atom. The Balaban J connectivity index is 1.87. The van der Waals surface area contributed by atoms with Gasteiger partial charge in [-0.3, -0.25) is 4.68 Å². The van der Waals surface area contributed by atoms with Gasteiger partial charge in [0.15, 0.2) is 17.1 Å². The molecular weight excluding hydrogens is 372 g/mol. The number of aromatic nitrogens is 2. The van der Waals surface area contributed by atoms with Crippen LogP contribution in [0.1, 0.15) is 38.6 Å². The van der Waals surface area contributed by atoms with Crippen LogP contribution in [-0.2, 0) is 0 Å². The Hall–Kier alpha value is -3.13. The predicted molar refractivity (Wildman–Crippen MR) is 111 cm³/mol. The molecule has 0 saturated heterocycles. The van der Waals surface area contributed by atoms with E-state index in [2.05, 4.69) is 17.0 Å². The van der Waals surface area contributed by atoms with Crippen molar-refractivity contribution in [3.63, 3.8) is 0 Å². The maximum atomic E-state index is 12.4. The lowest BCUT2D eigenvalue weighted by atomic mass is 9.93. The van der Waals surface area contributed by atoms with E-state index in [9.17, 15) is 15.1 Å². The van der Waals surface area contributed by atoms with Crippen molar-refractivity contribution in [3.8, 4) is 5.75 Å². The number of methoxy groups -OCH3 is 1. The van der Waals surface area contributed by atoms with Gasteiger partial charge in [-0.25, -0.2) is 0 Å². The molecule has 2 amide bonds. The summed E-state index contributed by atoms with van der Waals surface area (Å²) in [5, 5.41) is 27.9. The van der Waals surface area contributed by atoms with E-state index in [1.807, 2.05) is 10.9 Å². The first kappa shape index (κ1) is 20.6. The summed E-state index contributed by atoms with van der Waals surface area (Å²) >= 11 is 0. The van der Waals surface area contributed by atoms with Gasteiger partial charge in [-0.2, -0.15) is 15.2 Å². The van der Waals surface area contributed by atoms with Gasteiger partial charge in [-0.1, -0.05) is 18.7 Å². The highest BCUT2D eigenvalue weighted by Gasteiger charge is 2.24. The lowest BCUT2D eigenvalue weighted by Gasteiger charge is -2.25. The second-order valence-electron chi connectivity index (χ2n) is 7.16. The number of urea groups is 1. The van der Waals surface area contributed by atoms with E-state index in [-0.39, 0.29) is 12.1 Å². The van der Waals surface area contributed by atoms with Crippen LogP contribution in [0.15, 0.2) is 43.1 Å². The number of anilines is 1. The summed E-state index contributed by atoms with van der Waals surface area (Å²) in [6.07, 6.45) is 9.76. The molecule has 0 atom stereocenters. The molecule has 8 heteroatoms. The largest absolute Gasteiger partial charge is 0.535 e. The Morgan fingerprint density at radius 2 is 2.10 bits per heavy atom. The number of amides is 2. The number of fused-ring (bicyclic) bond motifs is 1. The molecule has 1 aliphatic rings. The molecule has 154 valence electrons. The standard InChI is InChI=1S/C21H26N4O4/c1-4-5-6-14(2)25(28)21(27)22-19-11-15-13-24(16-7-9-17(26)10-8-16)23-18(15)12-20(19)29-3/h4-6,11-13,16-17,26H,1,7-10H2,2-3H3,(H-,22,27,28)/p+1/b6-5-,25-14+/t16-,17+. The Labute approximate surface area is 169 Å². The summed E-state index contributed by atoms with van der Waals surface area (Å²) in [5.41, 5.74) is 1.53. The number of hydroxylamine groups is 1. The number of aliphatic hydroxyl groups excluding tert-OH is 1. The van der Waals surface area contributed by atoms with Crippen LogP contribution in [0.25, 0.3) is 10.9 Å². The number of carbonyl (C=O) groups is 1. The monoisotopic (exact) mass is 399 g/mol. The van der Waals surface area contributed by atoms with Crippen LogP contribution < -0.4 is 10.1 Å². The van der Waals surface area contributed by atoms with E-state index in [1.54, 1.807) is 37.3 Å². The molecule has 29 heavy (non-hydrogen) atoms. The highest BCUT2D eigenvalue weighted by atomic mass is 16.5. The number of aliphatic hydroxyl groups is 1. The van der Waals surface area contributed by atoms with Crippen LogP contribution in [0, 0.1) is 0 Å². The number of nitrogens with zero attached hydrogens (tertiary/aromatic N) is 3. The number of allylic oxidation sites excluding steroid dienone is 3. The van der Waals surface area contributed by atoms with Gasteiger partial charge in [0.25, 0.3) is 0 Å². The number of rotatable bonds is 5. The summed E-state index contributed by atoms with van der Waals surface area (Å²) in [6.45, 7) is 5.16. The highest BCUT2D eigenvalue weighted by Crippen LogP contribution is 2.33. The van der Waals surface area contributed by atoms with Gasteiger partial charge < -0.3 is 15.1 Å². The molecule has 2 aromatic rings. The number of hydrogen-bond acceptors (Lipinski definition) is 5. The fraction of sp³-hybridized carbons (Fsp3) is 0.381. The fourth-order valence-electron chi connectivity index (χ4n) is 3.45. The molecule has 3 rings (SSSR count). The SMILES string of the molecule is C=C/C=C\C(C)=[N+](\O)C(=O)Nc1cc2cn([C@H]3CC[C@@H](O)CC3)nc2cc1OC. The minimum absolute atomic E-state index is 0.221. The first-order valence-electron chi connectivity index (χ1n) is 9.60. The summed E-state index contributed by atoms with van der Waals surface area (Å²) in [6, 6.07) is 3.07. The zero-order valence-electron chi connectivity index (χ0n) is 16.7. The molecule has 0 radical (unpaired) electrons. The summed E-state index contributed by atoms with van der Waals surface area (Å²) in [4.78, 5) is 12.4. The molecule has 1 fully saturated rings. The normalized spacial score (nSPS) is 20.5. The van der Waals surface area contributed by atoms with Gasteiger partial charge in [0, 0.05) is 24.6 Å². The van der Waals surface area contributed by atoms with Crippen LogP contribution in [0.2, 0.25) is 0 Å². The zero-order chi connectivity index (χ0) is 21.0. The lowest BCUT2D eigenvalue weighted by molar-refractivity contribution is -0.696. The van der Waals surface area contributed by atoms with Crippen molar-refractivity contribution in [2.24, 2.45) is 0 Å². The third-order valence-electron chi connectivity index (χ3n) is 5.13. The minimum Gasteiger partial charge on any atom is -0.492 e. The first-order valence-corrected chi connectivity index (χ1v) is 9.60. The number of nitrogens with one attached hydrogen (secondary N) is 1. The molecule has 3 N–H and O–H groups in total. The van der Waals surface area contributed by atoms with E-state index in [1.165, 1.54) is 7.11 Å². The average Bonchev–Trinajstić information content (AvgIpc) is 3.13. The van der Waals surface area contributed by atoms with E-state index in [0.717, 1.165) is 36.6 Å². The fourth-order valence-corrected chi connectivity index (χ4v) is 3.45. The topological polar surface area (TPSA) is 99.6 Å². The van der Waals surface area contributed by atoms with Crippen molar-refractivity contribution in [2.45, 2.75) is 44.8 Å². The molecule has 0 aliphatic heterocycles. The molecule has 0 bridgehead atoms. The van der Waals surface area contributed by atoms with E-state index in [0.29, 0.717) is 21.9 Å². The molecule has 1 heterocycles. The van der Waals surface area contributed by atoms with Crippen molar-refractivity contribution >= 4 is 28.3 Å². The van der Waals surface area contributed by atoms with E-state index in [4.69, 9.17) is 4.74 Å². The number of hydrogen-bond donors (Lipinski definition) is 3. The molecule has 1 aromatic carbocycles.